The molecule has 1 atom stereocenters. The van der Waals surface area contributed by atoms with Gasteiger partial charge in [0.2, 0.25) is 5.88 Å². The van der Waals surface area contributed by atoms with E-state index in [0.717, 1.165) is 19.6 Å². The number of ether oxygens (including phenoxy) is 1. The van der Waals surface area contributed by atoms with Gasteiger partial charge >= 0.3 is 24.3 Å². The number of alkyl halides is 6. The van der Waals surface area contributed by atoms with Crippen LogP contribution in [0.25, 0.3) is 0 Å². The monoisotopic (exact) mass is 537 g/mol. The minimum Gasteiger partial charge on any atom is -0.475 e. The highest BCUT2D eigenvalue weighted by molar-refractivity contribution is 5.73. The quantitative estimate of drug-likeness (QED) is 0.565. The van der Waals surface area contributed by atoms with Crippen LogP contribution < -0.4 is 4.74 Å². The second kappa shape index (κ2) is 12.4. The second-order valence-corrected chi connectivity index (χ2v) is 7.86. The van der Waals surface area contributed by atoms with E-state index in [1.54, 1.807) is 18.3 Å². The van der Waals surface area contributed by atoms with Gasteiger partial charge in [-0.15, -0.1) is 0 Å². The molecule has 1 fully saturated rings. The van der Waals surface area contributed by atoms with Gasteiger partial charge in [-0.25, -0.2) is 14.6 Å². The number of rotatable bonds is 3. The van der Waals surface area contributed by atoms with Crippen LogP contribution in [0.3, 0.4) is 0 Å². The fraction of sp³-hybridized carbons (Fsp3) is 0.476. The van der Waals surface area contributed by atoms with Gasteiger partial charge in [0.05, 0.1) is 17.8 Å². The van der Waals surface area contributed by atoms with Gasteiger partial charge in [0, 0.05) is 37.6 Å². The molecule has 1 unspecified atom stereocenters. The standard InChI is InChI=1S/C17H19N5O.2C2HF3O2/c18-8-13-4-5-17(19-9-13)23-16-11-21(14-2-1-3-14)10-15-6-7-20-22(15)12-16;2*3-2(4,5)1(6)7/h4-7,9,14,16H,1-3,10-12H2;2*(H,6,7). The van der Waals surface area contributed by atoms with Gasteiger partial charge in [0.25, 0.3) is 0 Å². The molecule has 1 aliphatic carbocycles. The summed E-state index contributed by atoms with van der Waals surface area (Å²) in [4.78, 5) is 24.5. The summed E-state index contributed by atoms with van der Waals surface area (Å²) in [7, 11) is 0. The van der Waals surface area contributed by atoms with E-state index < -0.39 is 24.3 Å². The first kappa shape index (κ1) is 29.4. The summed E-state index contributed by atoms with van der Waals surface area (Å²) in [5, 5.41) is 27.5. The van der Waals surface area contributed by atoms with Crippen LogP contribution in [-0.4, -0.2) is 72.9 Å². The molecule has 2 N–H and O–H groups in total. The van der Waals surface area contributed by atoms with E-state index in [9.17, 15) is 26.3 Å². The Balaban J connectivity index is 0.000000286. The van der Waals surface area contributed by atoms with E-state index in [-0.39, 0.29) is 6.10 Å². The van der Waals surface area contributed by atoms with Crippen molar-refractivity contribution >= 4 is 11.9 Å². The summed E-state index contributed by atoms with van der Waals surface area (Å²) < 4.78 is 71.6. The van der Waals surface area contributed by atoms with Crippen LogP contribution in [0.15, 0.2) is 30.6 Å². The summed E-state index contributed by atoms with van der Waals surface area (Å²) in [6, 6.07) is 8.33. The van der Waals surface area contributed by atoms with Gasteiger partial charge in [-0.05, 0) is 25.0 Å². The molecular weight excluding hydrogens is 516 g/mol. The lowest BCUT2D eigenvalue weighted by Gasteiger charge is -2.37. The molecule has 37 heavy (non-hydrogen) atoms. The Hall–Kier alpha value is -3.87. The molecule has 1 saturated carbocycles. The summed E-state index contributed by atoms with van der Waals surface area (Å²) >= 11 is 0. The number of carbonyl (C=O) groups is 2. The SMILES string of the molecule is N#Cc1ccc(OC2CN(C3CCC3)Cc3ccnn3C2)nc1.O=C(O)C(F)(F)F.O=C(O)C(F)(F)F. The highest BCUT2D eigenvalue weighted by Gasteiger charge is 2.39. The van der Waals surface area contributed by atoms with Crippen molar-refractivity contribution in [3.63, 3.8) is 0 Å². The van der Waals surface area contributed by atoms with Crippen molar-refractivity contribution in [1.29, 1.82) is 5.26 Å². The number of pyridine rings is 1. The minimum absolute atomic E-state index is 0.0113. The maximum atomic E-state index is 10.6. The van der Waals surface area contributed by atoms with Crippen LogP contribution in [0.1, 0.15) is 30.5 Å². The van der Waals surface area contributed by atoms with Crippen molar-refractivity contribution in [2.24, 2.45) is 0 Å². The molecule has 2 aromatic heterocycles. The van der Waals surface area contributed by atoms with E-state index in [1.165, 1.54) is 25.0 Å². The maximum Gasteiger partial charge on any atom is 0.490 e. The molecule has 16 heteroatoms. The van der Waals surface area contributed by atoms with Crippen LogP contribution in [0, 0.1) is 11.3 Å². The zero-order chi connectivity index (χ0) is 27.8. The minimum atomic E-state index is -5.08. The van der Waals surface area contributed by atoms with Crippen molar-refractivity contribution in [3.8, 4) is 11.9 Å². The van der Waals surface area contributed by atoms with Crippen LogP contribution in [0.2, 0.25) is 0 Å². The largest absolute Gasteiger partial charge is 0.490 e. The molecule has 1 aliphatic heterocycles. The van der Waals surface area contributed by atoms with Crippen molar-refractivity contribution in [2.45, 2.75) is 56.9 Å². The third-order valence-corrected chi connectivity index (χ3v) is 5.21. The predicted octanol–water partition coefficient (Wildman–Crippen LogP) is 3.23. The zero-order valence-corrected chi connectivity index (χ0v) is 18.9. The normalized spacial score (nSPS) is 17.8. The molecule has 0 radical (unpaired) electrons. The molecule has 0 aromatic carbocycles. The Morgan fingerprint density at radius 2 is 1.62 bits per heavy atom. The molecule has 0 bridgehead atoms. The predicted molar refractivity (Wildman–Crippen MR) is 111 cm³/mol. The third kappa shape index (κ3) is 9.26. The van der Waals surface area contributed by atoms with Gasteiger partial charge in [0.1, 0.15) is 12.2 Å². The summed E-state index contributed by atoms with van der Waals surface area (Å²) in [5.41, 5.74) is 1.79. The van der Waals surface area contributed by atoms with E-state index in [1.807, 2.05) is 10.9 Å². The highest BCUT2D eigenvalue weighted by atomic mass is 19.4. The first-order chi connectivity index (χ1) is 17.2. The molecule has 0 spiro atoms. The number of aliphatic carboxylic acids is 2. The molecule has 3 heterocycles. The smallest absolute Gasteiger partial charge is 0.475 e. The van der Waals surface area contributed by atoms with Gasteiger partial charge in [-0.2, -0.15) is 36.7 Å². The van der Waals surface area contributed by atoms with Crippen molar-refractivity contribution < 1.29 is 50.9 Å². The fourth-order valence-electron chi connectivity index (χ4n) is 3.24. The zero-order valence-electron chi connectivity index (χ0n) is 18.9. The molecule has 10 nitrogen and oxygen atoms in total. The lowest BCUT2D eigenvalue weighted by molar-refractivity contribution is -0.193. The lowest BCUT2D eigenvalue weighted by atomic mass is 9.91. The Morgan fingerprint density at radius 3 is 2.05 bits per heavy atom. The van der Waals surface area contributed by atoms with Gasteiger partial charge < -0.3 is 14.9 Å². The first-order valence-corrected chi connectivity index (χ1v) is 10.6. The lowest BCUT2D eigenvalue weighted by Crippen LogP contribution is -2.44. The number of hydrogen-bond acceptors (Lipinski definition) is 7. The number of carboxylic acids is 2. The number of hydrogen-bond donors (Lipinski definition) is 2. The average molecular weight is 537 g/mol. The fourth-order valence-corrected chi connectivity index (χ4v) is 3.24. The Labute approximate surface area is 205 Å². The molecule has 2 aliphatic rings. The third-order valence-electron chi connectivity index (χ3n) is 5.21. The molecule has 0 amide bonds. The van der Waals surface area contributed by atoms with Gasteiger partial charge in [-0.1, -0.05) is 6.42 Å². The molecule has 0 saturated heterocycles. The number of nitriles is 1. The van der Waals surface area contributed by atoms with E-state index in [4.69, 9.17) is 29.8 Å². The van der Waals surface area contributed by atoms with E-state index in [2.05, 4.69) is 27.1 Å². The Bertz CT molecular complexity index is 1070. The number of halogens is 6. The van der Waals surface area contributed by atoms with Gasteiger partial charge in [-0.3, -0.25) is 9.58 Å². The first-order valence-electron chi connectivity index (χ1n) is 10.6. The van der Waals surface area contributed by atoms with Crippen molar-refractivity contribution in [1.82, 2.24) is 19.7 Å². The van der Waals surface area contributed by atoms with Crippen LogP contribution in [0.5, 0.6) is 5.88 Å². The van der Waals surface area contributed by atoms with E-state index in [0.29, 0.717) is 17.5 Å². The van der Waals surface area contributed by atoms with Crippen LogP contribution in [-0.2, 0) is 22.7 Å². The summed E-state index contributed by atoms with van der Waals surface area (Å²) in [6.45, 7) is 2.55. The summed E-state index contributed by atoms with van der Waals surface area (Å²) in [5.74, 6) is -4.95. The highest BCUT2D eigenvalue weighted by Crippen LogP contribution is 2.28. The van der Waals surface area contributed by atoms with Gasteiger partial charge in [0.15, 0.2) is 0 Å². The Morgan fingerprint density at radius 1 is 1.03 bits per heavy atom. The number of nitrogens with zero attached hydrogens (tertiary/aromatic N) is 5. The van der Waals surface area contributed by atoms with Crippen LogP contribution in [0.4, 0.5) is 26.3 Å². The van der Waals surface area contributed by atoms with E-state index >= 15 is 0 Å². The maximum absolute atomic E-state index is 10.6. The molecular formula is C21H21F6N5O5. The van der Waals surface area contributed by atoms with Crippen LogP contribution >= 0.6 is 0 Å². The molecule has 2 aromatic rings. The number of carboxylic acid groups (broad SMARTS) is 2. The number of fused-ring (bicyclic) bond motifs is 1. The average Bonchev–Trinajstić information content (AvgIpc) is 3.12. The molecule has 202 valence electrons. The van der Waals surface area contributed by atoms with Crippen molar-refractivity contribution in [2.75, 3.05) is 6.54 Å². The molecule has 4 rings (SSSR count). The van der Waals surface area contributed by atoms with Crippen molar-refractivity contribution in [3.05, 3.63) is 41.9 Å². The second-order valence-electron chi connectivity index (χ2n) is 7.86. The topological polar surface area (TPSA) is 142 Å². The summed E-state index contributed by atoms with van der Waals surface area (Å²) in [6.07, 6.45) is -2.88. The Kier molecular flexibility index (Phi) is 9.83. The number of aromatic nitrogens is 3.